The Morgan fingerprint density at radius 2 is 1.72 bits per heavy atom. The molecule has 0 aliphatic carbocycles. The molecule has 0 amide bonds. The Hall–Kier alpha value is -3.29. The van der Waals surface area contributed by atoms with Gasteiger partial charge in [0.15, 0.2) is 0 Å². The Bertz CT molecular complexity index is 1290. The number of alkyl halides is 3. The Morgan fingerprint density at radius 3 is 2.41 bits per heavy atom. The predicted octanol–water partition coefficient (Wildman–Crippen LogP) is 6.56. The minimum Gasteiger partial charge on any atom is -0.458 e. The lowest BCUT2D eigenvalue weighted by Gasteiger charge is -2.15. The number of nitrogens with one attached hydrogen (secondary N) is 1. The van der Waals surface area contributed by atoms with Crippen LogP contribution in [0.4, 0.5) is 28.9 Å². The Balaban J connectivity index is 1.95. The van der Waals surface area contributed by atoms with E-state index in [2.05, 4.69) is 5.32 Å². The van der Waals surface area contributed by atoms with Gasteiger partial charge in [-0.15, -0.1) is 0 Å². The van der Waals surface area contributed by atoms with Crippen LogP contribution in [0.1, 0.15) is 31.1 Å². The molecule has 0 saturated heterocycles. The Kier molecular flexibility index (Phi) is 4.37. The molecule has 29 heavy (non-hydrogen) atoms. The molecule has 0 bridgehead atoms. The summed E-state index contributed by atoms with van der Waals surface area (Å²) in [5, 5.41) is 3.89. The van der Waals surface area contributed by atoms with E-state index in [4.69, 9.17) is 8.83 Å². The van der Waals surface area contributed by atoms with E-state index in [0.717, 1.165) is 12.1 Å². The summed E-state index contributed by atoms with van der Waals surface area (Å²) in [6.07, 6.45) is -4.74. The number of halogens is 4. The van der Waals surface area contributed by atoms with Gasteiger partial charge in [0, 0.05) is 28.8 Å². The highest BCUT2D eigenvalue weighted by molar-refractivity contribution is 6.02. The second-order valence-corrected chi connectivity index (χ2v) is 6.95. The first-order chi connectivity index (χ1) is 13.6. The van der Waals surface area contributed by atoms with Gasteiger partial charge < -0.3 is 14.2 Å². The fraction of sp³-hybridized carbons (Fsp3) is 0.190. The topological polar surface area (TPSA) is 55.4 Å². The summed E-state index contributed by atoms with van der Waals surface area (Å²) < 4.78 is 64.7. The minimum atomic E-state index is -4.74. The molecule has 4 rings (SSSR count). The zero-order chi connectivity index (χ0) is 20.9. The fourth-order valence-corrected chi connectivity index (χ4v) is 3.21. The van der Waals surface area contributed by atoms with E-state index >= 15 is 0 Å². The first-order valence-corrected chi connectivity index (χ1v) is 8.77. The molecule has 0 aliphatic rings. The van der Waals surface area contributed by atoms with Gasteiger partial charge >= 0.3 is 11.8 Å². The first kappa shape index (κ1) is 19.0. The highest BCUT2D eigenvalue weighted by Crippen LogP contribution is 2.42. The highest BCUT2D eigenvalue weighted by atomic mass is 19.4. The largest absolute Gasteiger partial charge is 0.458 e. The van der Waals surface area contributed by atoms with E-state index in [1.54, 1.807) is 12.1 Å². The third-order valence-electron chi connectivity index (χ3n) is 4.53. The third kappa shape index (κ3) is 3.46. The lowest BCUT2D eigenvalue weighted by atomic mass is 10.1. The quantitative estimate of drug-likeness (QED) is 0.310. The lowest BCUT2D eigenvalue weighted by molar-refractivity contribution is -0.137. The number of hydrogen-bond donors (Lipinski definition) is 1. The van der Waals surface area contributed by atoms with Gasteiger partial charge in [-0.2, -0.15) is 13.2 Å². The van der Waals surface area contributed by atoms with Crippen LogP contribution in [0.5, 0.6) is 0 Å². The maximum absolute atomic E-state index is 13.4. The summed E-state index contributed by atoms with van der Waals surface area (Å²) >= 11 is 0. The van der Waals surface area contributed by atoms with Gasteiger partial charge in [-0.1, -0.05) is 13.8 Å². The van der Waals surface area contributed by atoms with Crippen LogP contribution in [-0.2, 0) is 6.18 Å². The number of benzene rings is 2. The molecule has 0 atom stereocenters. The molecule has 2 aromatic heterocycles. The molecule has 0 fully saturated rings. The van der Waals surface area contributed by atoms with Crippen LogP contribution >= 0.6 is 0 Å². The van der Waals surface area contributed by atoms with Gasteiger partial charge in [0.25, 0.3) is 0 Å². The number of anilines is 2. The van der Waals surface area contributed by atoms with Gasteiger partial charge in [-0.05, 0) is 30.3 Å². The second-order valence-electron chi connectivity index (χ2n) is 6.95. The van der Waals surface area contributed by atoms with Crippen LogP contribution in [0.25, 0.3) is 21.9 Å². The molecular formula is C21H15F4NO3. The molecule has 2 aromatic carbocycles. The monoisotopic (exact) mass is 405 g/mol. The molecule has 0 unspecified atom stereocenters. The van der Waals surface area contributed by atoms with E-state index in [1.165, 1.54) is 12.1 Å². The van der Waals surface area contributed by atoms with E-state index in [0.29, 0.717) is 39.5 Å². The van der Waals surface area contributed by atoms with Gasteiger partial charge in [-0.3, -0.25) is 0 Å². The average Bonchev–Trinajstić information content (AvgIpc) is 2.98. The Labute approximate surface area is 161 Å². The van der Waals surface area contributed by atoms with Gasteiger partial charge in [0.1, 0.15) is 22.7 Å². The van der Waals surface area contributed by atoms with Crippen molar-refractivity contribution >= 4 is 33.3 Å². The van der Waals surface area contributed by atoms with E-state index in [9.17, 15) is 22.4 Å². The fourth-order valence-electron chi connectivity index (χ4n) is 3.21. The number of rotatable bonds is 3. The molecule has 0 spiro atoms. The third-order valence-corrected chi connectivity index (χ3v) is 4.53. The Morgan fingerprint density at radius 1 is 0.966 bits per heavy atom. The molecular weight excluding hydrogens is 390 g/mol. The molecule has 4 nitrogen and oxygen atoms in total. The van der Waals surface area contributed by atoms with Crippen molar-refractivity contribution in [3.05, 3.63) is 70.0 Å². The van der Waals surface area contributed by atoms with Crippen molar-refractivity contribution in [2.75, 3.05) is 5.32 Å². The molecule has 1 N–H and O–H groups in total. The molecule has 0 saturated carbocycles. The average molecular weight is 405 g/mol. The molecule has 2 heterocycles. The van der Waals surface area contributed by atoms with Crippen LogP contribution < -0.4 is 10.9 Å². The van der Waals surface area contributed by atoms with Crippen LogP contribution in [0, 0.1) is 5.82 Å². The normalized spacial score (nSPS) is 12.2. The molecule has 0 radical (unpaired) electrons. The van der Waals surface area contributed by atoms with Crippen LogP contribution in [-0.4, -0.2) is 0 Å². The number of fused-ring (bicyclic) bond motifs is 2. The first-order valence-electron chi connectivity index (χ1n) is 8.77. The molecule has 150 valence electrons. The zero-order valence-electron chi connectivity index (χ0n) is 15.4. The SMILES string of the molecule is CC(C)c1oc2cc3oc(=O)ccc3cc2c1Nc1ccc(F)cc1C(F)(F)F. The van der Waals surface area contributed by atoms with E-state index < -0.39 is 23.2 Å². The van der Waals surface area contributed by atoms with Crippen molar-refractivity contribution in [3.8, 4) is 0 Å². The van der Waals surface area contributed by atoms with Gasteiger partial charge in [-0.25, -0.2) is 9.18 Å². The van der Waals surface area contributed by atoms with Crippen molar-refractivity contribution in [2.45, 2.75) is 25.9 Å². The summed E-state index contributed by atoms with van der Waals surface area (Å²) in [5.41, 5.74) is -0.921. The maximum atomic E-state index is 13.4. The van der Waals surface area contributed by atoms with Crippen molar-refractivity contribution in [1.82, 2.24) is 0 Å². The second kappa shape index (κ2) is 6.65. The van der Waals surface area contributed by atoms with Crippen molar-refractivity contribution < 1.29 is 26.4 Å². The van der Waals surface area contributed by atoms with Gasteiger partial charge in [0.05, 0.1) is 16.9 Å². The summed E-state index contributed by atoms with van der Waals surface area (Å²) in [7, 11) is 0. The number of furan rings is 1. The molecule has 4 aromatic rings. The minimum absolute atomic E-state index is 0.158. The smallest absolute Gasteiger partial charge is 0.418 e. The van der Waals surface area contributed by atoms with Gasteiger partial charge in [0.2, 0.25) is 0 Å². The predicted molar refractivity (Wildman–Crippen MR) is 101 cm³/mol. The molecule has 0 aliphatic heterocycles. The zero-order valence-corrected chi connectivity index (χ0v) is 15.4. The summed E-state index contributed by atoms with van der Waals surface area (Å²) in [4.78, 5) is 11.5. The van der Waals surface area contributed by atoms with Crippen LogP contribution in [0.15, 0.2) is 56.1 Å². The van der Waals surface area contributed by atoms with E-state index in [1.807, 2.05) is 13.8 Å². The van der Waals surface area contributed by atoms with Crippen molar-refractivity contribution in [3.63, 3.8) is 0 Å². The van der Waals surface area contributed by atoms with Crippen molar-refractivity contribution in [1.29, 1.82) is 0 Å². The van der Waals surface area contributed by atoms with Crippen LogP contribution in [0.3, 0.4) is 0 Å². The highest BCUT2D eigenvalue weighted by Gasteiger charge is 2.34. The number of hydrogen-bond acceptors (Lipinski definition) is 4. The van der Waals surface area contributed by atoms with Crippen LogP contribution in [0.2, 0.25) is 0 Å². The summed E-state index contributed by atoms with van der Waals surface area (Å²) in [6, 6.07) is 8.46. The summed E-state index contributed by atoms with van der Waals surface area (Å²) in [6.45, 7) is 3.66. The van der Waals surface area contributed by atoms with Crippen molar-refractivity contribution in [2.24, 2.45) is 0 Å². The standard InChI is InChI=1S/C21H15F4NO3/c1-10(2)20-19(26-15-5-4-12(22)8-14(15)21(23,24)25)13-7-11-3-6-18(27)28-16(11)9-17(13)29-20/h3-10,26H,1-2H3. The molecule has 8 heteroatoms. The summed E-state index contributed by atoms with van der Waals surface area (Å²) in [5.74, 6) is -0.713. The van der Waals surface area contributed by atoms with E-state index in [-0.39, 0.29) is 11.6 Å². The maximum Gasteiger partial charge on any atom is 0.418 e. The lowest BCUT2D eigenvalue weighted by Crippen LogP contribution is -2.09.